The summed E-state index contributed by atoms with van der Waals surface area (Å²) < 4.78 is 7.79. The van der Waals surface area contributed by atoms with Crippen LogP contribution in [-0.4, -0.2) is 34.4 Å². The van der Waals surface area contributed by atoms with Gasteiger partial charge < -0.3 is 24.8 Å². The van der Waals surface area contributed by atoms with Crippen molar-refractivity contribution in [2.24, 2.45) is 0 Å². The fourth-order valence-corrected chi connectivity index (χ4v) is 4.53. The van der Waals surface area contributed by atoms with E-state index in [0.29, 0.717) is 18.0 Å². The summed E-state index contributed by atoms with van der Waals surface area (Å²) in [7, 11) is 1.62. The zero-order valence-electron chi connectivity index (χ0n) is 19.5. The van der Waals surface area contributed by atoms with Crippen LogP contribution in [0.25, 0.3) is 10.9 Å². The Morgan fingerprint density at radius 1 is 1.19 bits per heavy atom. The van der Waals surface area contributed by atoms with E-state index in [4.69, 9.17) is 4.74 Å². The summed E-state index contributed by atoms with van der Waals surface area (Å²) in [6.07, 6.45) is 1.56. The molecule has 0 saturated heterocycles. The van der Waals surface area contributed by atoms with Gasteiger partial charge in [0.05, 0.1) is 24.6 Å². The van der Waals surface area contributed by atoms with Crippen LogP contribution in [0.4, 0.5) is 5.69 Å². The third-order valence-electron chi connectivity index (χ3n) is 6.46. The highest BCUT2D eigenvalue weighted by atomic mass is 16.5. The molecule has 0 unspecified atom stereocenters. The number of aromatic nitrogens is 1. The van der Waals surface area contributed by atoms with Crippen LogP contribution < -0.4 is 10.1 Å². The SMILES string of the molecule is COc1cc(NC(=O)C2(c3ccc(O)c(C)c3)CC2)cc2cc(C(C)(C)C)n(CCO)c12. The maximum absolute atomic E-state index is 13.3. The van der Waals surface area contributed by atoms with Gasteiger partial charge in [-0.2, -0.15) is 0 Å². The van der Waals surface area contributed by atoms with Gasteiger partial charge in [-0.05, 0) is 49.1 Å². The van der Waals surface area contributed by atoms with Gasteiger partial charge in [0.25, 0.3) is 0 Å². The highest BCUT2D eigenvalue weighted by molar-refractivity contribution is 6.03. The van der Waals surface area contributed by atoms with Crippen LogP contribution in [0.2, 0.25) is 0 Å². The van der Waals surface area contributed by atoms with Gasteiger partial charge in [0.15, 0.2) is 0 Å². The highest BCUT2D eigenvalue weighted by Crippen LogP contribution is 2.50. The number of hydrogen-bond acceptors (Lipinski definition) is 4. The van der Waals surface area contributed by atoms with Crippen LogP contribution in [0.1, 0.15) is 50.4 Å². The Balaban J connectivity index is 1.72. The second-order valence-corrected chi connectivity index (χ2v) is 9.81. The van der Waals surface area contributed by atoms with Gasteiger partial charge in [0.2, 0.25) is 5.91 Å². The van der Waals surface area contributed by atoms with Crippen LogP contribution in [0.5, 0.6) is 11.5 Å². The average Bonchev–Trinajstić information content (AvgIpc) is 3.46. The zero-order valence-corrected chi connectivity index (χ0v) is 19.5. The number of carbonyl (C=O) groups excluding carboxylic acids is 1. The minimum atomic E-state index is -0.556. The summed E-state index contributed by atoms with van der Waals surface area (Å²) in [5, 5.41) is 23.5. The van der Waals surface area contributed by atoms with E-state index in [9.17, 15) is 15.0 Å². The third-order valence-corrected chi connectivity index (χ3v) is 6.46. The molecule has 1 fully saturated rings. The number of aliphatic hydroxyl groups is 1. The summed E-state index contributed by atoms with van der Waals surface area (Å²) in [4.78, 5) is 13.3. The normalized spacial score (nSPS) is 15.1. The van der Waals surface area contributed by atoms with Gasteiger partial charge >= 0.3 is 0 Å². The zero-order chi connectivity index (χ0) is 23.3. The van der Waals surface area contributed by atoms with E-state index in [-0.39, 0.29) is 23.7 Å². The number of nitrogens with zero attached hydrogens (tertiary/aromatic N) is 1. The molecule has 0 bridgehead atoms. The molecule has 0 atom stereocenters. The fourth-order valence-electron chi connectivity index (χ4n) is 4.53. The molecule has 170 valence electrons. The largest absolute Gasteiger partial charge is 0.508 e. The van der Waals surface area contributed by atoms with Crippen molar-refractivity contribution in [2.75, 3.05) is 19.0 Å². The molecule has 6 heteroatoms. The Kier molecular flexibility index (Phi) is 5.45. The smallest absolute Gasteiger partial charge is 0.235 e. The lowest BCUT2D eigenvalue weighted by Gasteiger charge is -2.22. The van der Waals surface area contributed by atoms with Crippen molar-refractivity contribution >= 4 is 22.5 Å². The maximum Gasteiger partial charge on any atom is 0.235 e. The molecular weight excluding hydrogens is 404 g/mol. The predicted molar refractivity (Wildman–Crippen MR) is 127 cm³/mol. The molecule has 2 aromatic carbocycles. The van der Waals surface area contributed by atoms with Crippen molar-refractivity contribution in [3.05, 3.63) is 53.2 Å². The fraction of sp³-hybridized carbons (Fsp3) is 0.423. The lowest BCUT2D eigenvalue weighted by Crippen LogP contribution is -2.27. The molecule has 1 amide bonds. The Morgan fingerprint density at radius 2 is 1.91 bits per heavy atom. The Labute approximate surface area is 188 Å². The van der Waals surface area contributed by atoms with Gasteiger partial charge in [0.1, 0.15) is 11.5 Å². The van der Waals surface area contributed by atoms with Crippen LogP contribution >= 0.6 is 0 Å². The summed E-state index contributed by atoms with van der Waals surface area (Å²) in [5.41, 5.74) is 3.73. The van der Waals surface area contributed by atoms with E-state index in [1.807, 2.05) is 31.2 Å². The number of rotatable bonds is 6. The van der Waals surface area contributed by atoms with E-state index in [2.05, 4.69) is 36.7 Å². The van der Waals surface area contributed by atoms with Gasteiger partial charge in [0, 0.05) is 34.8 Å². The summed E-state index contributed by atoms with van der Waals surface area (Å²) in [6, 6.07) is 11.3. The van der Waals surface area contributed by atoms with Gasteiger partial charge in [-0.25, -0.2) is 0 Å². The molecular formula is C26H32N2O4. The van der Waals surface area contributed by atoms with E-state index in [0.717, 1.165) is 40.6 Å². The molecule has 0 radical (unpaired) electrons. The second-order valence-electron chi connectivity index (χ2n) is 9.81. The van der Waals surface area contributed by atoms with Crippen LogP contribution in [0.3, 0.4) is 0 Å². The minimum absolute atomic E-state index is 0.0308. The van der Waals surface area contributed by atoms with Crippen molar-refractivity contribution in [3.63, 3.8) is 0 Å². The number of phenols is 1. The number of carbonyl (C=O) groups is 1. The number of fused-ring (bicyclic) bond motifs is 1. The van der Waals surface area contributed by atoms with E-state index < -0.39 is 5.41 Å². The first-order chi connectivity index (χ1) is 15.1. The molecule has 6 nitrogen and oxygen atoms in total. The van der Waals surface area contributed by atoms with Crippen molar-refractivity contribution < 1.29 is 19.7 Å². The molecule has 1 aromatic heterocycles. The minimum Gasteiger partial charge on any atom is -0.508 e. The number of nitrogens with one attached hydrogen (secondary N) is 1. The van der Waals surface area contributed by atoms with Crippen LogP contribution in [0.15, 0.2) is 36.4 Å². The molecule has 1 saturated carbocycles. The molecule has 1 aliphatic rings. The lowest BCUT2D eigenvalue weighted by atomic mass is 9.92. The highest BCUT2D eigenvalue weighted by Gasteiger charge is 2.51. The van der Waals surface area contributed by atoms with Crippen molar-refractivity contribution in [3.8, 4) is 11.5 Å². The van der Waals surface area contributed by atoms with Gasteiger partial charge in [-0.1, -0.05) is 32.9 Å². The number of ether oxygens (including phenoxy) is 1. The first kappa shape index (κ1) is 22.2. The monoisotopic (exact) mass is 436 g/mol. The van der Waals surface area contributed by atoms with Gasteiger partial charge in [-0.3, -0.25) is 4.79 Å². The van der Waals surface area contributed by atoms with Crippen LogP contribution in [-0.2, 0) is 22.2 Å². The molecule has 32 heavy (non-hydrogen) atoms. The number of aliphatic hydroxyl groups excluding tert-OH is 1. The number of benzene rings is 2. The second kappa shape index (κ2) is 7.85. The topological polar surface area (TPSA) is 83.7 Å². The quantitative estimate of drug-likeness (QED) is 0.526. The van der Waals surface area contributed by atoms with E-state index >= 15 is 0 Å². The Bertz CT molecular complexity index is 1180. The average molecular weight is 437 g/mol. The summed E-state index contributed by atoms with van der Waals surface area (Å²) >= 11 is 0. The first-order valence-electron chi connectivity index (χ1n) is 11.0. The number of aryl methyl sites for hydroxylation is 1. The van der Waals surface area contributed by atoms with Crippen molar-refractivity contribution in [1.29, 1.82) is 0 Å². The molecule has 1 heterocycles. The van der Waals surface area contributed by atoms with E-state index in [1.165, 1.54) is 0 Å². The Hall–Kier alpha value is -2.99. The number of anilines is 1. The maximum atomic E-state index is 13.3. The van der Waals surface area contributed by atoms with Crippen molar-refractivity contribution in [1.82, 2.24) is 4.57 Å². The number of amides is 1. The third kappa shape index (κ3) is 3.73. The molecule has 4 rings (SSSR count). The molecule has 3 N–H and O–H groups in total. The number of phenolic OH excluding ortho intramolecular Hbond substituents is 1. The molecule has 0 spiro atoms. The molecule has 0 aliphatic heterocycles. The number of methoxy groups -OCH3 is 1. The number of hydrogen-bond donors (Lipinski definition) is 3. The standard InChI is InChI=1S/C26H32N2O4/c1-16-12-18(6-7-20(16)30)26(8-9-26)24(31)27-19-13-17-14-22(25(2,3)4)28(10-11-29)23(17)21(15-19)32-5/h6-7,12-15,29-30H,8-11H2,1-5H3,(H,27,31). The lowest BCUT2D eigenvalue weighted by molar-refractivity contribution is -0.118. The first-order valence-corrected chi connectivity index (χ1v) is 11.0. The van der Waals surface area contributed by atoms with Gasteiger partial charge in [-0.15, -0.1) is 0 Å². The van der Waals surface area contributed by atoms with E-state index in [1.54, 1.807) is 13.2 Å². The van der Waals surface area contributed by atoms with Crippen molar-refractivity contribution in [2.45, 2.75) is 57.9 Å². The summed E-state index contributed by atoms with van der Waals surface area (Å²) in [5.74, 6) is 0.851. The molecule has 1 aliphatic carbocycles. The summed E-state index contributed by atoms with van der Waals surface area (Å²) in [6.45, 7) is 8.77. The number of aromatic hydroxyl groups is 1. The predicted octanol–water partition coefficient (Wildman–Crippen LogP) is 4.62. The molecule has 3 aromatic rings. The van der Waals surface area contributed by atoms with Crippen LogP contribution in [0, 0.1) is 6.92 Å². The Morgan fingerprint density at radius 3 is 2.47 bits per heavy atom.